The Morgan fingerprint density at radius 2 is 1.80 bits per heavy atom. The van der Waals surface area contributed by atoms with E-state index in [-0.39, 0.29) is 36.5 Å². The standard InChI is InChI=1S/C28H35N5O6S/c1-18(34)21(30-26(36)23-9-7-15-31(23)40(5,38)39)16-19-10-12-20(13-11-19)32-25-22(8-6-14-29-25)33(27(32)37)24(35)17-28(2,3)4/h6,8,10-14,21,23H,7,9,15-17H2,1-5H3,(H,30,36)/t21-,23?/m0/s1. The van der Waals surface area contributed by atoms with E-state index < -0.39 is 33.7 Å². The molecule has 1 aliphatic heterocycles. The molecule has 214 valence electrons. The van der Waals surface area contributed by atoms with Crippen LogP contribution in [0.4, 0.5) is 0 Å². The molecule has 3 aromatic rings. The summed E-state index contributed by atoms with van der Waals surface area (Å²) in [5, 5.41) is 2.72. The number of carbonyl (C=O) groups excluding carboxylic acids is 3. The molecule has 1 aliphatic rings. The van der Waals surface area contributed by atoms with Crippen LogP contribution in [0.3, 0.4) is 0 Å². The second kappa shape index (κ2) is 11.1. The molecule has 11 nitrogen and oxygen atoms in total. The van der Waals surface area contributed by atoms with Crippen LogP contribution < -0.4 is 11.0 Å². The van der Waals surface area contributed by atoms with Gasteiger partial charge in [-0.3, -0.25) is 14.4 Å². The number of Topliss-reactive ketones (excluding diaryl/α,β-unsaturated/α-hetero) is 1. The van der Waals surface area contributed by atoms with Gasteiger partial charge in [0.2, 0.25) is 21.8 Å². The molecular formula is C28H35N5O6S. The minimum atomic E-state index is -3.54. The van der Waals surface area contributed by atoms with Gasteiger partial charge in [-0.25, -0.2) is 27.3 Å². The number of pyridine rings is 1. The number of benzene rings is 1. The van der Waals surface area contributed by atoms with Crippen molar-refractivity contribution < 1.29 is 22.8 Å². The molecule has 0 radical (unpaired) electrons. The highest BCUT2D eigenvalue weighted by Crippen LogP contribution is 2.23. The number of amides is 1. The summed E-state index contributed by atoms with van der Waals surface area (Å²) in [6.07, 6.45) is 3.96. The number of sulfonamides is 1. The lowest BCUT2D eigenvalue weighted by Crippen LogP contribution is -2.50. The lowest BCUT2D eigenvalue weighted by molar-refractivity contribution is -0.128. The van der Waals surface area contributed by atoms with Gasteiger partial charge in [0.05, 0.1) is 23.5 Å². The van der Waals surface area contributed by atoms with Crippen molar-refractivity contribution in [3.8, 4) is 5.69 Å². The van der Waals surface area contributed by atoms with E-state index in [2.05, 4.69) is 10.3 Å². The van der Waals surface area contributed by atoms with E-state index in [1.54, 1.807) is 42.6 Å². The summed E-state index contributed by atoms with van der Waals surface area (Å²) in [5.41, 5.74) is 1.17. The van der Waals surface area contributed by atoms with Gasteiger partial charge in [-0.15, -0.1) is 0 Å². The average Bonchev–Trinajstić information content (AvgIpc) is 3.46. The van der Waals surface area contributed by atoms with Crippen molar-refractivity contribution in [2.24, 2.45) is 5.41 Å². The first-order chi connectivity index (χ1) is 18.7. The summed E-state index contributed by atoms with van der Waals surface area (Å²) in [5.74, 6) is -1.07. The van der Waals surface area contributed by atoms with Crippen LogP contribution in [0.15, 0.2) is 47.4 Å². The Morgan fingerprint density at radius 1 is 1.12 bits per heavy atom. The monoisotopic (exact) mass is 569 g/mol. The molecule has 1 unspecified atom stereocenters. The largest absolute Gasteiger partial charge is 0.345 e. The summed E-state index contributed by atoms with van der Waals surface area (Å²) >= 11 is 0. The predicted octanol–water partition coefficient (Wildman–Crippen LogP) is 2.30. The fourth-order valence-corrected chi connectivity index (χ4v) is 6.14. The van der Waals surface area contributed by atoms with E-state index in [4.69, 9.17) is 0 Å². The fourth-order valence-electron chi connectivity index (χ4n) is 5.02. The van der Waals surface area contributed by atoms with Crippen molar-refractivity contribution in [3.05, 3.63) is 58.6 Å². The number of nitrogens with one attached hydrogen (secondary N) is 1. The molecule has 2 aromatic heterocycles. The lowest BCUT2D eigenvalue weighted by Gasteiger charge is -2.24. The Hall–Kier alpha value is -3.64. The highest BCUT2D eigenvalue weighted by atomic mass is 32.2. The van der Waals surface area contributed by atoms with E-state index in [9.17, 15) is 27.6 Å². The summed E-state index contributed by atoms with van der Waals surface area (Å²) < 4.78 is 27.8. The van der Waals surface area contributed by atoms with Crippen LogP contribution >= 0.6 is 0 Å². The Balaban J connectivity index is 1.58. The smallest absolute Gasteiger partial charge is 0.341 e. The number of ketones is 1. The van der Waals surface area contributed by atoms with Gasteiger partial charge < -0.3 is 5.32 Å². The van der Waals surface area contributed by atoms with Gasteiger partial charge in [-0.05, 0) is 61.4 Å². The zero-order valence-corrected chi connectivity index (χ0v) is 24.2. The molecule has 2 atom stereocenters. The first-order valence-electron chi connectivity index (χ1n) is 13.2. The number of aromatic nitrogens is 3. The topological polar surface area (TPSA) is 140 Å². The van der Waals surface area contributed by atoms with E-state index >= 15 is 0 Å². The molecule has 4 rings (SSSR count). The third-order valence-corrected chi connectivity index (χ3v) is 8.20. The van der Waals surface area contributed by atoms with Crippen molar-refractivity contribution in [2.45, 2.75) is 65.5 Å². The van der Waals surface area contributed by atoms with Gasteiger partial charge >= 0.3 is 5.69 Å². The lowest BCUT2D eigenvalue weighted by atomic mass is 9.92. The maximum atomic E-state index is 13.4. The molecule has 1 fully saturated rings. The number of imidazole rings is 1. The Kier molecular flexibility index (Phi) is 8.13. The summed E-state index contributed by atoms with van der Waals surface area (Å²) in [6.45, 7) is 7.43. The highest BCUT2D eigenvalue weighted by Gasteiger charge is 2.37. The van der Waals surface area contributed by atoms with Crippen molar-refractivity contribution in [1.82, 2.24) is 23.7 Å². The Bertz CT molecular complexity index is 1620. The van der Waals surface area contributed by atoms with Gasteiger partial charge in [-0.1, -0.05) is 32.9 Å². The number of fused-ring (bicyclic) bond motifs is 1. The average molecular weight is 570 g/mol. The zero-order chi connectivity index (χ0) is 29.4. The number of nitrogens with zero attached hydrogens (tertiary/aromatic N) is 4. The molecule has 1 saturated heterocycles. The molecule has 3 heterocycles. The second-order valence-electron chi connectivity index (χ2n) is 11.5. The molecule has 0 aliphatic carbocycles. The highest BCUT2D eigenvalue weighted by molar-refractivity contribution is 7.88. The zero-order valence-electron chi connectivity index (χ0n) is 23.4. The molecule has 1 amide bonds. The van der Waals surface area contributed by atoms with Crippen molar-refractivity contribution >= 4 is 38.8 Å². The fraction of sp³-hybridized carbons (Fsp3) is 0.464. The third kappa shape index (κ3) is 6.23. The molecule has 0 saturated carbocycles. The normalized spacial score (nSPS) is 17.2. The van der Waals surface area contributed by atoms with E-state index in [0.29, 0.717) is 29.7 Å². The number of rotatable bonds is 8. The van der Waals surface area contributed by atoms with Gasteiger partial charge in [0.25, 0.3) is 0 Å². The quantitative estimate of drug-likeness (QED) is 0.439. The van der Waals surface area contributed by atoms with Gasteiger partial charge in [-0.2, -0.15) is 4.31 Å². The molecule has 1 aromatic carbocycles. The van der Waals surface area contributed by atoms with E-state index in [1.807, 2.05) is 20.8 Å². The SMILES string of the molecule is CC(=O)[C@H](Cc1ccc(-n2c(=O)n(C(=O)CC(C)(C)C)c3cccnc32)cc1)NC(=O)C1CCCN1S(C)(=O)=O. The third-order valence-electron chi connectivity index (χ3n) is 6.91. The van der Waals surface area contributed by atoms with Crippen LogP contribution in [-0.2, 0) is 26.0 Å². The molecular weight excluding hydrogens is 534 g/mol. The Labute approximate surface area is 233 Å². The maximum absolute atomic E-state index is 13.4. The van der Waals surface area contributed by atoms with Crippen LogP contribution in [0.2, 0.25) is 0 Å². The predicted molar refractivity (Wildman–Crippen MR) is 151 cm³/mol. The Morgan fingerprint density at radius 3 is 2.40 bits per heavy atom. The number of carbonyl (C=O) groups is 3. The van der Waals surface area contributed by atoms with Gasteiger partial charge in [0.1, 0.15) is 6.04 Å². The second-order valence-corrected chi connectivity index (χ2v) is 13.4. The van der Waals surface area contributed by atoms with Gasteiger partial charge in [0, 0.05) is 19.2 Å². The first kappa shape index (κ1) is 29.3. The minimum Gasteiger partial charge on any atom is -0.345 e. The van der Waals surface area contributed by atoms with Crippen LogP contribution in [0.25, 0.3) is 16.9 Å². The summed E-state index contributed by atoms with van der Waals surface area (Å²) in [6, 6.07) is 8.56. The van der Waals surface area contributed by atoms with Crippen LogP contribution in [0.5, 0.6) is 0 Å². The van der Waals surface area contributed by atoms with Crippen molar-refractivity contribution in [3.63, 3.8) is 0 Å². The number of hydrogen-bond donors (Lipinski definition) is 1. The minimum absolute atomic E-state index is 0.181. The maximum Gasteiger partial charge on any atom is 0.341 e. The number of hydrogen-bond acceptors (Lipinski definition) is 7. The first-order valence-corrected chi connectivity index (χ1v) is 15.0. The van der Waals surface area contributed by atoms with Crippen molar-refractivity contribution in [1.29, 1.82) is 0 Å². The van der Waals surface area contributed by atoms with Crippen molar-refractivity contribution in [2.75, 3.05) is 12.8 Å². The van der Waals surface area contributed by atoms with Crippen LogP contribution in [-0.4, -0.2) is 69.3 Å². The molecule has 40 heavy (non-hydrogen) atoms. The molecule has 12 heteroatoms. The summed E-state index contributed by atoms with van der Waals surface area (Å²) in [7, 11) is -3.54. The van der Waals surface area contributed by atoms with Crippen LogP contribution in [0, 0.1) is 5.41 Å². The van der Waals surface area contributed by atoms with Crippen LogP contribution in [0.1, 0.15) is 57.3 Å². The summed E-state index contributed by atoms with van der Waals surface area (Å²) in [4.78, 5) is 56.1. The molecule has 0 bridgehead atoms. The molecule has 1 N–H and O–H groups in total. The van der Waals surface area contributed by atoms with Gasteiger partial charge in [0.15, 0.2) is 11.4 Å². The van der Waals surface area contributed by atoms with E-state index in [0.717, 1.165) is 16.4 Å². The van der Waals surface area contributed by atoms with E-state index in [1.165, 1.54) is 15.8 Å². The molecule has 0 spiro atoms.